The van der Waals surface area contributed by atoms with E-state index in [9.17, 15) is 18.8 Å². The molecule has 0 aromatic heterocycles. The zero-order valence-corrected chi connectivity index (χ0v) is 18.9. The van der Waals surface area contributed by atoms with Crippen LogP contribution < -0.4 is 9.47 Å². The summed E-state index contributed by atoms with van der Waals surface area (Å²) in [5, 5.41) is 9.69. The summed E-state index contributed by atoms with van der Waals surface area (Å²) in [5.41, 5.74) is 1.13. The zero-order chi connectivity index (χ0) is 24.5. The van der Waals surface area contributed by atoms with E-state index in [1.54, 1.807) is 36.4 Å². The van der Waals surface area contributed by atoms with E-state index < -0.39 is 31.0 Å². The number of halogens is 2. The highest BCUT2D eigenvalue weighted by Gasteiger charge is 2.29. The summed E-state index contributed by atoms with van der Waals surface area (Å²) >= 11 is 0. The summed E-state index contributed by atoms with van der Waals surface area (Å²) < 4.78 is 41.1. The van der Waals surface area contributed by atoms with Gasteiger partial charge >= 0.3 is 5.97 Å². The number of carbonyl (C=O) groups excluding carboxylic acids is 1. The number of esters is 1. The van der Waals surface area contributed by atoms with Crippen molar-refractivity contribution in [3.63, 3.8) is 0 Å². The number of nitriles is 1. The Morgan fingerprint density at radius 1 is 0.882 bits per heavy atom. The molecule has 0 spiro atoms. The monoisotopic (exact) mass is 465 g/mol. The maximum Gasteiger partial charge on any atom is 0.315 e. The van der Waals surface area contributed by atoms with Crippen molar-refractivity contribution in [2.75, 3.05) is 6.61 Å². The lowest BCUT2D eigenvalue weighted by atomic mass is 9.88. The normalized spacial score (nSPS) is 12.6. The average Bonchev–Trinajstić information content (AvgIpc) is 2.82. The molecule has 3 aromatic carbocycles. The van der Waals surface area contributed by atoms with Crippen LogP contribution >= 0.6 is 0 Å². The van der Waals surface area contributed by atoms with Gasteiger partial charge in [-0.05, 0) is 47.9 Å². The summed E-state index contributed by atoms with van der Waals surface area (Å²) in [6, 6.07) is 24.4. The maximum atomic E-state index is 13.1. The van der Waals surface area contributed by atoms with Gasteiger partial charge < -0.3 is 14.2 Å². The van der Waals surface area contributed by atoms with Crippen molar-refractivity contribution < 1.29 is 27.8 Å². The Bertz CT molecular complexity index is 1110. The van der Waals surface area contributed by atoms with Gasteiger partial charge in [-0.15, -0.1) is 0 Å². The van der Waals surface area contributed by atoms with Crippen LogP contribution in [0.15, 0.2) is 78.9 Å². The molecule has 0 heterocycles. The molecule has 3 aromatic rings. The summed E-state index contributed by atoms with van der Waals surface area (Å²) in [7, 11) is 0. The SMILES string of the molecule is CC(C)C(C(=O)OC(C#N)c1cccc(Oc2ccccc2)c1)c1ccc(OCC(F)F)cc1. The van der Waals surface area contributed by atoms with Crippen molar-refractivity contribution >= 4 is 5.97 Å². The zero-order valence-electron chi connectivity index (χ0n) is 18.9. The highest BCUT2D eigenvalue weighted by atomic mass is 19.3. The predicted molar refractivity (Wildman–Crippen MR) is 123 cm³/mol. The first kappa shape index (κ1) is 24.7. The van der Waals surface area contributed by atoms with Crippen LogP contribution in [0.3, 0.4) is 0 Å². The highest BCUT2D eigenvalue weighted by Crippen LogP contribution is 2.31. The number of hydrogen-bond acceptors (Lipinski definition) is 5. The van der Waals surface area contributed by atoms with Gasteiger partial charge in [0.25, 0.3) is 6.43 Å². The van der Waals surface area contributed by atoms with Crippen LogP contribution in [0.4, 0.5) is 8.78 Å². The molecule has 0 fully saturated rings. The molecule has 0 N–H and O–H groups in total. The minimum atomic E-state index is -2.57. The van der Waals surface area contributed by atoms with Gasteiger partial charge in [0.05, 0.1) is 5.92 Å². The van der Waals surface area contributed by atoms with Crippen molar-refractivity contribution in [2.24, 2.45) is 5.92 Å². The Morgan fingerprint density at radius 2 is 1.56 bits per heavy atom. The molecule has 0 saturated carbocycles. The van der Waals surface area contributed by atoms with E-state index in [0.29, 0.717) is 22.6 Å². The Morgan fingerprint density at radius 3 is 2.18 bits per heavy atom. The van der Waals surface area contributed by atoms with Gasteiger partial charge in [0.15, 0.2) is 0 Å². The van der Waals surface area contributed by atoms with Gasteiger partial charge in [0.1, 0.15) is 29.9 Å². The smallest absolute Gasteiger partial charge is 0.315 e. The lowest BCUT2D eigenvalue weighted by molar-refractivity contribution is -0.150. The molecule has 5 nitrogen and oxygen atoms in total. The largest absolute Gasteiger partial charge is 0.488 e. The second-order valence-corrected chi connectivity index (χ2v) is 7.93. The Hall–Kier alpha value is -3.92. The van der Waals surface area contributed by atoms with Crippen molar-refractivity contribution in [3.8, 4) is 23.3 Å². The van der Waals surface area contributed by atoms with Gasteiger partial charge in [-0.25, -0.2) is 8.78 Å². The highest BCUT2D eigenvalue weighted by molar-refractivity contribution is 5.79. The fraction of sp³-hybridized carbons (Fsp3) is 0.259. The number of hydrogen-bond donors (Lipinski definition) is 0. The van der Waals surface area contributed by atoms with E-state index in [1.165, 1.54) is 12.1 Å². The predicted octanol–water partition coefficient (Wildman–Crippen LogP) is 6.67. The van der Waals surface area contributed by atoms with E-state index in [2.05, 4.69) is 0 Å². The standard InChI is InChI=1S/C27H25F2NO4/c1-18(2)26(19-11-13-21(14-12-19)32-17-25(28)29)27(31)34-24(16-30)20-7-6-10-23(15-20)33-22-8-4-3-5-9-22/h3-15,18,24-26H,17H2,1-2H3. The first-order chi connectivity index (χ1) is 16.4. The number of para-hydroxylation sites is 1. The molecule has 176 valence electrons. The topological polar surface area (TPSA) is 68.6 Å². The Kier molecular flexibility index (Phi) is 8.58. The van der Waals surface area contributed by atoms with Gasteiger partial charge in [0.2, 0.25) is 6.10 Å². The van der Waals surface area contributed by atoms with E-state index in [4.69, 9.17) is 14.2 Å². The molecule has 0 radical (unpaired) electrons. The van der Waals surface area contributed by atoms with Crippen LogP contribution in [-0.2, 0) is 9.53 Å². The van der Waals surface area contributed by atoms with Crippen LogP contribution in [-0.4, -0.2) is 19.0 Å². The van der Waals surface area contributed by atoms with Crippen molar-refractivity contribution in [2.45, 2.75) is 32.3 Å². The Balaban J connectivity index is 1.73. The summed E-state index contributed by atoms with van der Waals surface area (Å²) in [5.74, 6) is 0.101. The maximum absolute atomic E-state index is 13.1. The molecule has 34 heavy (non-hydrogen) atoms. The third-order valence-electron chi connectivity index (χ3n) is 5.03. The van der Waals surface area contributed by atoms with Crippen LogP contribution in [0.5, 0.6) is 17.2 Å². The fourth-order valence-corrected chi connectivity index (χ4v) is 3.45. The van der Waals surface area contributed by atoms with Crippen molar-refractivity contribution in [1.82, 2.24) is 0 Å². The number of alkyl halides is 2. The number of nitrogens with zero attached hydrogens (tertiary/aromatic N) is 1. The summed E-state index contributed by atoms with van der Waals surface area (Å²) in [6.07, 6.45) is -3.70. The van der Waals surface area contributed by atoms with E-state index in [1.807, 2.05) is 50.2 Å². The molecule has 3 rings (SSSR count). The number of ether oxygens (including phenoxy) is 3. The van der Waals surface area contributed by atoms with E-state index in [-0.39, 0.29) is 11.7 Å². The molecule has 0 saturated heterocycles. The summed E-state index contributed by atoms with van der Waals surface area (Å²) in [6.45, 7) is 3.03. The quantitative estimate of drug-likeness (QED) is 0.313. The average molecular weight is 465 g/mol. The van der Waals surface area contributed by atoms with Crippen LogP contribution in [0.25, 0.3) is 0 Å². The first-order valence-electron chi connectivity index (χ1n) is 10.8. The van der Waals surface area contributed by atoms with E-state index in [0.717, 1.165) is 0 Å². The molecule has 2 atom stereocenters. The van der Waals surface area contributed by atoms with Gasteiger partial charge in [0, 0.05) is 5.56 Å². The molecule has 2 unspecified atom stereocenters. The minimum absolute atomic E-state index is 0.132. The molecular weight excluding hydrogens is 440 g/mol. The molecule has 0 bridgehead atoms. The Labute approximate surface area is 197 Å². The van der Waals surface area contributed by atoms with Gasteiger partial charge in [-0.3, -0.25) is 4.79 Å². The molecule has 0 aliphatic carbocycles. The lowest BCUT2D eigenvalue weighted by Crippen LogP contribution is -2.22. The number of rotatable bonds is 10. The number of carbonyl (C=O) groups is 1. The third kappa shape index (κ3) is 6.79. The lowest BCUT2D eigenvalue weighted by Gasteiger charge is -2.22. The van der Waals surface area contributed by atoms with Crippen LogP contribution in [0.2, 0.25) is 0 Å². The molecule has 0 aliphatic rings. The minimum Gasteiger partial charge on any atom is -0.488 e. The fourth-order valence-electron chi connectivity index (χ4n) is 3.45. The third-order valence-corrected chi connectivity index (χ3v) is 5.03. The number of benzene rings is 3. The molecule has 0 aliphatic heterocycles. The first-order valence-corrected chi connectivity index (χ1v) is 10.8. The molecule has 0 amide bonds. The second kappa shape index (κ2) is 11.8. The molecular formula is C27H25F2NO4. The second-order valence-electron chi connectivity index (χ2n) is 7.93. The van der Waals surface area contributed by atoms with Crippen molar-refractivity contribution in [1.29, 1.82) is 5.26 Å². The van der Waals surface area contributed by atoms with Gasteiger partial charge in [-0.2, -0.15) is 5.26 Å². The summed E-state index contributed by atoms with van der Waals surface area (Å²) in [4.78, 5) is 13.1. The van der Waals surface area contributed by atoms with Crippen molar-refractivity contribution in [3.05, 3.63) is 90.0 Å². The van der Waals surface area contributed by atoms with Crippen LogP contribution in [0.1, 0.15) is 37.0 Å². The van der Waals surface area contributed by atoms with E-state index >= 15 is 0 Å². The van der Waals surface area contributed by atoms with Crippen LogP contribution in [0, 0.1) is 17.2 Å². The molecule has 7 heteroatoms. The van der Waals surface area contributed by atoms with Gasteiger partial charge in [-0.1, -0.05) is 56.3 Å².